The predicted molar refractivity (Wildman–Crippen MR) is 111 cm³/mol. The third kappa shape index (κ3) is 9.84. The number of nitrogens with one attached hydrogen (secondary N) is 2. The lowest BCUT2D eigenvalue weighted by molar-refractivity contribution is -0.483. The second-order valence-corrected chi connectivity index (χ2v) is 8.99. The van der Waals surface area contributed by atoms with Crippen molar-refractivity contribution >= 4 is 11.4 Å². The van der Waals surface area contributed by atoms with E-state index in [9.17, 15) is 20.2 Å². The molecule has 0 aromatic carbocycles. The quantitative estimate of drug-likeness (QED) is 0.547. The molecule has 1 heterocycles. The van der Waals surface area contributed by atoms with Crippen molar-refractivity contribution in [2.45, 2.75) is 77.5 Å². The van der Waals surface area contributed by atoms with Gasteiger partial charge >= 0.3 is 0 Å². The van der Waals surface area contributed by atoms with Crippen LogP contribution >= 0.6 is 0 Å². The Morgan fingerprint density at radius 2 is 1.18 bits per heavy atom. The average Bonchev–Trinajstić information content (AvgIpc) is 2.46. The van der Waals surface area contributed by atoms with Crippen LogP contribution in [0.25, 0.3) is 0 Å². The number of rotatable bonds is 4. The molecule has 10 nitrogen and oxygen atoms in total. The van der Waals surface area contributed by atoms with E-state index in [0.29, 0.717) is 25.9 Å². The third-order valence-electron chi connectivity index (χ3n) is 4.49. The maximum absolute atomic E-state index is 11.1. The number of nitro groups is 2. The summed E-state index contributed by atoms with van der Waals surface area (Å²) in [6.45, 7) is 11.8. The summed E-state index contributed by atoms with van der Waals surface area (Å²) >= 11 is 0. The topological polar surface area (TPSA) is 135 Å². The van der Waals surface area contributed by atoms with E-state index >= 15 is 0 Å². The van der Waals surface area contributed by atoms with Gasteiger partial charge in [0.2, 0.25) is 13.1 Å². The zero-order valence-corrected chi connectivity index (χ0v) is 17.8. The standard InChI is InChI=1S/C18H34N6O4/c1-13-7-17(3,4)21-16(12-24(27)28)10-20-14(2)8-18(5,6)22-15(9-19-13)11-23(25)26/h15-16,21-22H,7-12H2,1-6H3/t15-,16-/m1/s1. The first kappa shape index (κ1) is 24.1. The van der Waals surface area contributed by atoms with Crippen molar-refractivity contribution in [2.75, 3.05) is 26.2 Å². The van der Waals surface area contributed by atoms with Gasteiger partial charge in [-0.1, -0.05) is 0 Å². The summed E-state index contributed by atoms with van der Waals surface area (Å²) < 4.78 is 0. The first-order chi connectivity index (χ1) is 12.8. The van der Waals surface area contributed by atoms with E-state index in [1.807, 2.05) is 41.5 Å². The van der Waals surface area contributed by atoms with E-state index in [1.54, 1.807) is 0 Å². The van der Waals surface area contributed by atoms with Gasteiger partial charge in [-0.25, -0.2) is 0 Å². The highest BCUT2D eigenvalue weighted by molar-refractivity contribution is 5.83. The minimum absolute atomic E-state index is 0.205. The van der Waals surface area contributed by atoms with Gasteiger partial charge in [0.25, 0.3) is 0 Å². The van der Waals surface area contributed by atoms with Crippen LogP contribution in [-0.2, 0) is 0 Å². The highest BCUT2D eigenvalue weighted by Gasteiger charge is 2.29. The Kier molecular flexibility index (Phi) is 8.62. The molecule has 1 aliphatic heterocycles. The predicted octanol–water partition coefficient (Wildman–Crippen LogP) is 1.73. The molecule has 2 N–H and O–H groups in total. The summed E-state index contributed by atoms with van der Waals surface area (Å²) in [5, 5.41) is 28.8. The first-order valence-corrected chi connectivity index (χ1v) is 9.57. The summed E-state index contributed by atoms with van der Waals surface area (Å²) in [4.78, 5) is 30.6. The Bertz CT molecular complexity index is 576. The largest absolute Gasteiger partial charge is 0.301 e. The van der Waals surface area contributed by atoms with Crippen LogP contribution in [0.1, 0.15) is 54.4 Å². The van der Waals surface area contributed by atoms with Crippen LogP contribution < -0.4 is 10.6 Å². The van der Waals surface area contributed by atoms with E-state index < -0.39 is 11.1 Å². The molecular formula is C18H34N6O4. The highest BCUT2D eigenvalue weighted by atomic mass is 16.6. The van der Waals surface area contributed by atoms with E-state index in [4.69, 9.17) is 0 Å². The molecule has 28 heavy (non-hydrogen) atoms. The SMILES string of the molecule is CC1=NC[C@H](C[N+](=O)[O-])NC(C)(C)CC(C)=NC[C@H](C[N+](=O)[O-])NC(C)(C)C1. The van der Waals surface area contributed by atoms with Crippen LogP contribution in [0.3, 0.4) is 0 Å². The van der Waals surface area contributed by atoms with Crippen molar-refractivity contribution in [3.8, 4) is 0 Å². The van der Waals surface area contributed by atoms with Gasteiger partial charge in [0.05, 0.1) is 25.2 Å². The summed E-state index contributed by atoms with van der Waals surface area (Å²) in [5.41, 5.74) is 0.879. The molecular weight excluding hydrogens is 364 g/mol. The Morgan fingerprint density at radius 3 is 1.46 bits per heavy atom. The second-order valence-electron chi connectivity index (χ2n) is 8.99. The van der Waals surface area contributed by atoms with Gasteiger partial charge in [0.15, 0.2) is 0 Å². The molecule has 0 saturated heterocycles. The van der Waals surface area contributed by atoms with Crippen LogP contribution in [0, 0.1) is 20.2 Å². The van der Waals surface area contributed by atoms with Gasteiger partial charge in [-0.2, -0.15) is 0 Å². The third-order valence-corrected chi connectivity index (χ3v) is 4.49. The van der Waals surface area contributed by atoms with Crippen molar-refractivity contribution in [3.63, 3.8) is 0 Å². The zero-order chi connectivity index (χ0) is 21.5. The summed E-state index contributed by atoms with van der Waals surface area (Å²) in [6.07, 6.45) is 1.16. The lowest BCUT2D eigenvalue weighted by Crippen LogP contribution is -2.52. The summed E-state index contributed by atoms with van der Waals surface area (Å²) in [5.74, 6) is 0. The maximum atomic E-state index is 11.1. The van der Waals surface area contributed by atoms with Gasteiger partial charge in [0.1, 0.15) is 0 Å². The van der Waals surface area contributed by atoms with Gasteiger partial charge in [-0.3, -0.25) is 30.2 Å². The van der Waals surface area contributed by atoms with Gasteiger partial charge in [-0.05, 0) is 41.5 Å². The van der Waals surface area contributed by atoms with E-state index in [-0.39, 0.29) is 35.0 Å². The van der Waals surface area contributed by atoms with Crippen molar-refractivity contribution in [1.29, 1.82) is 0 Å². The minimum Gasteiger partial charge on any atom is -0.301 e. The molecule has 0 saturated carbocycles. The van der Waals surface area contributed by atoms with Crippen LogP contribution in [0.15, 0.2) is 9.98 Å². The van der Waals surface area contributed by atoms with Gasteiger partial charge in [0, 0.05) is 45.2 Å². The van der Waals surface area contributed by atoms with Crippen molar-refractivity contribution in [3.05, 3.63) is 20.2 Å². The molecule has 0 unspecified atom stereocenters. The number of hydrogen-bond donors (Lipinski definition) is 2. The lowest BCUT2D eigenvalue weighted by atomic mass is 9.95. The molecule has 0 bridgehead atoms. The van der Waals surface area contributed by atoms with Crippen LogP contribution in [0.4, 0.5) is 0 Å². The lowest BCUT2D eigenvalue weighted by Gasteiger charge is -2.32. The molecule has 0 aromatic heterocycles. The van der Waals surface area contributed by atoms with Crippen LogP contribution in [-0.4, -0.2) is 70.6 Å². The fourth-order valence-electron chi connectivity index (χ4n) is 3.79. The van der Waals surface area contributed by atoms with E-state index in [1.165, 1.54) is 0 Å². The molecule has 0 aromatic rings. The smallest absolute Gasteiger partial charge is 0.220 e. The minimum atomic E-state index is -0.410. The fraction of sp³-hybridized carbons (Fsp3) is 0.889. The summed E-state index contributed by atoms with van der Waals surface area (Å²) in [6, 6.07) is -0.761. The summed E-state index contributed by atoms with van der Waals surface area (Å²) in [7, 11) is 0. The molecule has 0 amide bonds. The van der Waals surface area contributed by atoms with Crippen molar-refractivity contribution in [1.82, 2.24) is 10.6 Å². The van der Waals surface area contributed by atoms with Crippen molar-refractivity contribution in [2.24, 2.45) is 9.98 Å². The van der Waals surface area contributed by atoms with Gasteiger partial charge in [-0.15, -0.1) is 0 Å². The molecule has 1 aliphatic rings. The van der Waals surface area contributed by atoms with Crippen LogP contribution in [0.2, 0.25) is 0 Å². The Labute approximate surface area is 166 Å². The van der Waals surface area contributed by atoms with Crippen LogP contribution in [0.5, 0.6) is 0 Å². The first-order valence-electron chi connectivity index (χ1n) is 9.57. The fourth-order valence-corrected chi connectivity index (χ4v) is 3.79. The molecule has 0 aliphatic carbocycles. The zero-order valence-electron chi connectivity index (χ0n) is 17.8. The number of hydrogen-bond acceptors (Lipinski definition) is 8. The molecule has 0 fully saturated rings. The Morgan fingerprint density at radius 1 is 0.857 bits per heavy atom. The van der Waals surface area contributed by atoms with Gasteiger partial charge < -0.3 is 10.6 Å². The molecule has 0 spiro atoms. The molecule has 160 valence electrons. The molecule has 2 atom stereocenters. The molecule has 0 radical (unpaired) electrons. The Balaban J connectivity index is 3.14. The van der Waals surface area contributed by atoms with E-state index in [0.717, 1.165) is 11.4 Å². The Hall–Kier alpha value is -1.94. The normalized spacial score (nSPS) is 26.5. The van der Waals surface area contributed by atoms with Crippen molar-refractivity contribution < 1.29 is 9.85 Å². The maximum Gasteiger partial charge on any atom is 0.220 e. The molecule has 1 rings (SSSR count). The monoisotopic (exact) mass is 398 g/mol. The average molecular weight is 399 g/mol. The highest BCUT2D eigenvalue weighted by Crippen LogP contribution is 2.15. The number of aliphatic imine (C=N–C) groups is 2. The number of nitrogens with zero attached hydrogens (tertiary/aromatic N) is 4. The second kappa shape index (κ2) is 10.0. The van der Waals surface area contributed by atoms with E-state index in [2.05, 4.69) is 20.6 Å². The molecule has 10 heteroatoms.